The molecule has 0 saturated carbocycles. The van der Waals surface area contributed by atoms with Crippen LogP contribution in [0.4, 0.5) is 11.4 Å². The van der Waals surface area contributed by atoms with Gasteiger partial charge in [-0.1, -0.05) is 6.07 Å². The second-order valence-electron chi connectivity index (χ2n) is 3.76. The largest absolute Gasteiger partial charge is 0.271 e. The molecule has 1 aliphatic heterocycles. The van der Waals surface area contributed by atoms with Gasteiger partial charge in [0.1, 0.15) is 0 Å². The van der Waals surface area contributed by atoms with Crippen LogP contribution in [0.25, 0.3) is 0 Å². The molecule has 0 spiro atoms. The molecule has 1 aromatic carbocycles. The summed E-state index contributed by atoms with van der Waals surface area (Å²) >= 11 is 0. The SMILES string of the molecule is O=[N+]([O-])c1cccc(N=S2(=O)CCCC2)c1. The molecule has 0 amide bonds. The summed E-state index contributed by atoms with van der Waals surface area (Å²) in [5.41, 5.74) is 0.434. The van der Waals surface area contributed by atoms with Crippen LogP contribution in [0.1, 0.15) is 12.8 Å². The lowest BCUT2D eigenvalue weighted by Gasteiger charge is -2.00. The smallest absolute Gasteiger partial charge is 0.258 e. The fourth-order valence-electron chi connectivity index (χ4n) is 1.70. The maximum atomic E-state index is 12.1. The maximum Gasteiger partial charge on any atom is 0.271 e. The third kappa shape index (κ3) is 2.38. The van der Waals surface area contributed by atoms with Gasteiger partial charge < -0.3 is 0 Å². The zero-order valence-corrected chi connectivity index (χ0v) is 9.48. The summed E-state index contributed by atoms with van der Waals surface area (Å²) in [5, 5.41) is 10.6. The van der Waals surface area contributed by atoms with Gasteiger partial charge in [0.25, 0.3) is 5.69 Å². The van der Waals surface area contributed by atoms with E-state index in [4.69, 9.17) is 0 Å². The second kappa shape index (κ2) is 4.21. The van der Waals surface area contributed by atoms with Crippen molar-refractivity contribution in [3.05, 3.63) is 34.4 Å². The molecule has 1 aliphatic rings. The molecule has 0 aliphatic carbocycles. The van der Waals surface area contributed by atoms with Crippen LogP contribution in [0.2, 0.25) is 0 Å². The quantitative estimate of drug-likeness (QED) is 0.588. The molecule has 0 radical (unpaired) electrons. The van der Waals surface area contributed by atoms with E-state index in [1.807, 2.05) is 0 Å². The molecule has 16 heavy (non-hydrogen) atoms. The van der Waals surface area contributed by atoms with Gasteiger partial charge in [-0.05, 0) is 18.9 Å². The summed E-state index contributed by atoms with van der Waals surface area (Å²) in [7, 11) is -2.15. The number of nitro benzene ring substituents is 1. The van der Waals surface area contributed by atoms with Crippen molar-refractivity contribution in [2.45, 2.75) is 12.8 Å². The molecule has 2 rings (SSSR count). The molecule has 0 aromatic heterocycles. The van der Waals surface area contributed by atoms with E-state index in [9.17, 15) is 14.3 Å². The average Bonchev–Trinajstić information content (AvgIpc) is 2.65. The van der Waals surface area contributed by atoms with E-state index in [-0.39, 0.29) is 5.69 Å². The normalized spacial score (nSPS) is 18.2. The van der Waals surface area contributed by atoms with Crippen LogP contribution in [0, 0.1) is 10.1 Å². The summed E-state index contributed by atoms with van der Waals surface area (Å²) in [6.07, 6.45) is 1.86. The van der Waals surface area contributed by atoms with Crippen LogP contribution in [0.5, 0.6) is 0 Å². The third-order valence-corrected chi connectivity index (χ3v) is 4.89. The first kappa shape index (κ1) is 11.1. The number of nitrogens with zero attached hydrogens (tertiary/aromatic N) is 2. The van der Waals surface area contributed by atoms with E-state index >= 15 is 0 Å². The molecule has 1 heterocycles. The zero-order chi connectivity index (χ0) is 11.6. The van der Waals surface area contributed by atoms with E-state index in [0.717, 1.165) is 12.8 Å². The molecular weight excluding hydrogens is 228 g/mol. The summed E-state index contributed by atoms with van der Waals surface area (Å²) in [5.74, 6) is 1.21. The summed E-state index contributed by atoms with van der Waals surface area (Å²) < 4.78 is 16.3. The highest BCUT2D eigenvalue weighted by molar-refractivity contribution is 7.93. The highest BCUT2D eigenvalue weighted by Crippen LogP contribution is 2.24. The van der Waals surface area contributed by atoms with Crippen LogP contribution in [0.3, 0.4) is 0 Å². The summed E-state index contributed by atoms with van der Waals surface area (Å²) in [4.78, 5) is 10.1. The number of benzene rings is 1. The van der Waals surface area contributed by atoms with Gasteiger partial charge in [0, 0.05) is 23.6 Å². The number of hydrogen-bond donors (Lipinski definition) is 0. The Bertz CT molecular complexity index is 521. The number of non-ortho nitro benzene ring substituents is 1. The molecule has 0 N–H and O–H groups in total. The van der Waals surface area contributed by atoms with Crippen molar-refractivity contribution in [1.82, 2.24) is 0 Å². The highest BCUT2D eigenvalue weighted by Gasteiger charge is 2.16. The lowest BCUT2D eigenvalue weighted by molar-refractivity contribution is -0.384. The predicted octanol–water partition coefficient (Wildman–Crippen LogP) is 2.49. The van der Waals surface area contributed by atoms with Crippen molar-refractivity contribution in [1.29, 1.82) is 0 Å². The number of rotatable bonds is 2. The van der Waals surface area contributed by atoms with Gasteiger partial charge in [0.15, 0.2) is 0 Å². The van der Waals surface area contributed by atoms with Crippen molar-refractivity contribution in [3.8, 4) is 0 Å². The van der Waals surface area contributed by atoms with Gasteiger partial charge >= 0.3 is 0 Å². The lowest BCUT2D eigenvalue weighted by atomic mass is 10.3. The Kier molecular flexibility index (Phi) is 2.91. The van der Waals surface area contributed by atoms with Gasteiger partial charge in [-0.15, -0.1) is 0 Å². The Morgan fingerprint density at radius 1 is 1.31 bits per heavy atom. The van der Waals surface area contributed by atoms with E-state index in [0.29, 0.717) is 17.2 Å². The fraction of sp³-hybridized carbons (Fsp3) is 0.400. The Morgan fingerprint density at radius 2 is 2.00 bits per heavy atom. The number of nitro groups is 1. The highest BCUT2D eigenvalue weighted by atomic mass is 32.2. The molecule has 1 aromatic rings. The minimum Gasteiger partial charge on any atom is -0.258 e. The van der Waals surface area contributed by atoms with Crippen LogP contribution >= 0.6 is 0 Å². The van der Waals surface area contributed by atoms with Crippen LogP contribution in [-0.2, 0) is 9.73 Å². The van der Waals surface area contributed by atoms with Crippen molar-refractivity contribution in [3.63, 3.8) is 0 Å². The first-order valence-corrected chi connectivity index (χ1v) is 6.91. The Morgan fingerprint density at radius 3 is 2.62 bits per heavy atom. The van der Waals surface area contributed by atoms with E-state index in [1.54, 1.807) is 12.1 Å². The lowest BCUT2D eigenvalue weighted by Crippen LogP contribution is -1.99. The third-order valence-electron chi connectivity index (χ3n) is 2.49. The molecule has 0 atom stereocenters. The summed E-state index contributed by atoms with van der Waals surface area (Å²) in [6, 6.07) is 5.98. The monoisotopic (exact) mass is 240 g/mol. The minimum atomic E-state index is -2.15. The Hall–Kier alpha value is -1.43. The van der Waals surface area contributed by atoms with Gasteiger partial charge in [0.2, 0.25) is 0 Å². The van der Waals surface area contributed by atoms with Crippen molar-refractivity contribution < 1.29 is 9.13 Å². The molecule has 86 valence electrons. The molecule has 6 heteroatoms. The minimum absolute atomic E-state index is 0.0118. The molecule has 0 unspecified atom stereocenters. The average molecular weight is 240 g/mol. The van der Waals surface area contributed by atoms with Crippen LogP contribution < -0.4 is 0 Å². The van der Waals surface area contributed by atoms with Gasteiger partial charge in [-0.2, -0.15) is 4.36 Å². The van der Waals surface area contributed by atoms with Crippen molar-refractivity contribution in [2.75, 3.05) is 11.5 Å². The van der Waals surface area contributed by atoms with E-state index < -0.39 is 14.7 Å². The maximum absolute atomic E-state index is 12.1. The molecular formula is C10H12N2O3S. The van der Waals surface area contributed by atoms with Crippen molar-refractivity contribution in [2.24, 2.45) is 4.36 Å². The zero-order valence-electron chi connectivity index (χ0n) is 8.67. The first-order chi connectivity index (χ1) is 7.59. The number of hydrogen-bond acceptors (Lipinski definition) is 4. The standard InChI is InChI=1S/C10H12N2O3S/c13-12(14)10-5-3-4-9(8-10)11-16(15)6-1-2-7-16/h3-5,8H,1-2,6-7H2. The van der Waals surface area contributed by atoms with Gasteiger partial charge in [0.05, 0.1) is 20.3 Å². The van der Waals surface area contributed by atoms with E-state index in [1.165, 1.54) is 12.1 Å². The first-order valence-electron chi connectivity index (χ1n) is 5.06. The van der Waals surface area contributed by atoms with Crippen LogP contribution in [-0.4, -0.2) is 20.6 Å². The van der Waals surface area contributed by atoms with E-state index in [2.05, 4.69) is 4.36 Å². The van der Waals surface area contributed by atoms with Crippen molar-refractivity contribution >= 4 is 21.1 Å². The molecule has 5 nitrogen and oxygen atoms in total. The van der Waals surface area contributed by atoms with Gasteiger partial charge in [-0.3, -0.25) is 10.1 Å². The topological polar surface area (TPSA) is 72.6 Å². The molecule has 1 fully saturated rings. The molecule has 0 bridgehead atoms. The Labute approximate surface area is 93.8 Å². The predicted molar refractivity (Wildman–Crippen MR) is 62.3 cm³/mol. The second-order valence-corrected chi connectivity index (χ2v) is 6.30. The molecule has 1 saturated heterocycles. The van der Waals surface area contributed by atoms with Crippen LogP contribution in [0.15, 0.2) is 28.6 Å². The van der Waals surface area contributed by atoms with Gasteiger partial charge in [-0.25, -0.2) is 4.21 Å². The fourth-order valence-corrected chi connectivity index (χ4v) is 3.90. The summed E-state index contributed by atoms with van der Waals surface area (Å²) in [6.45, 7) is 0. The Balaban J connectivity index is 2.38.